The van der Waals surface area contributed by atoms with Crippen LogP contribution in [0.1, 0.15) is 303 Å². The Morgan fingerprint density at radius 2 is 0.506 bits per heavy atom. The Kier molecular flexibility index (Phi) is 61.3. The van der Waals surface area contributed by atoms with E-state index in [0.29, 0.717) is 19.3 Å². The van der Waals surface area contributed by atoms with E-state index in [9.17, 15) is 14.4 Å². The zero-order valence-electron chi connectivity index (χ0n) is 50.4. The molecular weight excluding hydrogens is 949 g/mol. The first-order valence-electron chi connectivity index (χ1n) is 32.4. The number of unbranched alkanes of at least 4 members (excludes halogenated alkanes) is 29. The molecule has 0 aliphatic carbocycles. The van der Waals surface area contributed by atoms with E-state index in [1.54, 1.807) is 0 Å². The van der Waals surface area contributed by atoms with Gasteiger partial charge in [0.05, 0.1) is 0 Å². The van der Waals surface area contributed by atoms with Gasteiger partial charge in [0, 0.05) is 19.3 Å². The Bertz CT molecular complexity index is 1560. The van der Waals surface area contributed by atoms with Crippen LogP contribution >= 0.6 is 0 Å². The minimum Gasteiger partial charge on any atom is -0.462 e. The minimum absolute atomic E-state index is 0.0946. The summed E-state index contributed by atoms with van der Waals surface area (Å²) in [5.41, 5.74) is 0. The molecular formula is C71H120O6. The summed E-state index contributed by atoms with van der Waals surface area (Å²) < 4.78 is 16.8. The number of hydrogen-bond acceptors (Lipinski definition) is 6. The van der Waals surface area contributed by atoms with Crippen molar-refractivity contribution in [1.82, 2.24) is 0 Å². The lowest BCUT2D eigenvalue weighted by Crippen LogP contribution is -2.30. The molecule has 0 saturated carbocycles. The van der Waals surface area contributed by atoms with E-state index in [4.69, 9.17) is 14.2 Å². The topological polar surface area (TPSA) is 78.9 Å². The van der Waals surface area contributed by atoms with E-state index in [-0.39, 0.29) is 37.5 Å². The summed E-state index contributed by atoms with van der Waals surface area (Å²) in [6.07, 6.45) is 88.6. The Morgan fingerprint density at radius 3 is 0.792 bits per heavy atom. The van der Waals surface area contributed by atoms with Crippen molar-refractivity contribution < 1.29 is 28.6 Å². The molecule has 0 aromatic heterocycles. The van der Waals surface area contributed by atoms with E-state index < -0.39 is 6.10 Å². The average molecular weight is 1070 g/mol. The van der Waals surface area contributed by atoms with Gasteiger partial charge in [-0.15, -0.1) is 0 Å². The van der Waals surface area contributed by atoms with E-state index in [1.807, 2.05) is 0 Å². The summed E-state index contributed by atoms with van der Waals surface area (Å²) in [6, 6.07) is 0. The molecule has 0 N–H and O–H groups in total. The lowest BCUT2D eigenvalue weighted by atomic mass is 10.0. The van der Waals surface area contributed by atoms with E-state index in [1.165, 1.54) is 154 Å². The predicted molar refractivity (Wildman–Crippen MR) is 334 cm³/mol. The molecule has 0 aliphatic heterocycles. The van der Waals surface area contributed by atoms with Gasteiger partial charge in [-0.3, -0.25) is 14.4 Å². The summed E-state index contributed by atoms with van der Waals surface area (Å²) in [4.78, 5) is 38.0. The quantitative estimate of drug-likeness (QED) is 0.0261. The highest BCUT2D eigenvalue weighted by Crippen LogP contribution is 2.17. The van der Waals surface area contributed by atoms with Crippen LogP contribution < -0.4 is 0 Å². The summed E-state index contributed by atoms with van der Waals surface area (Å²) >= 11 is 0. The molecule has 1 atom stereocenters. The van der Waals surface area contributed by atoms with Gasteiger partial charge in [0.1, 0.15) is 13.2 Å². The molecule has 0 rings (SSSR count). The third kappa shape index (κ3) is 62.8. The van der Waals surface area contributed by atoms with Gasteiger partial charge in [-0.25, -0.2) is 0 Å². The first-order chi connectivity index (χ1) is 38.0. The van der Waals surface area contributed by atoms with Gasteiger partial charge in [0.25, 0.3) is 0 Å². The maximum Gasteiger partial charge on any atom is 0.306 e. The van der Waals surface area contributed by atoms with Crippen molar-refractivity contribution in [2.45, 2.75) is 309 Å². The largest absolute Gasteiger partial charge is 0.462 e. The maximum atomic E-state index is 12.8. The lowest BCUT2D eigenvalue weighted by Gasteiger charge is -2.18. The molecule has 0 saturated heterocycles. The van der Waals surface area contributed by atoms with Crippen LogP contribution in [-0.4, -0.2) is 37.2 Å². The monoisotopic (exact) mass is 1070 g/mol. The van der Waals surface area contributed by atoms with Crippen molar-refractivity contribution in [1.29, 1.82) is 0 Å². The number of carbonyl (C=O) groups excluding carboxylic acids is 3. The first kappa shape index (κ1) is 73.1. The summed E-state index contributed by atoms with van der Waals surface area (Å²) in [6.45, 7) is 6.44. The second kappa shape index (κ2) is 64.6. The molecule has 6 nitrogen and oxygen atoms in total. The molecule has 0 fully saturated rings. The highest BCUT2D eigenvalue weighted by Gasteiger charge is 2.19. The lowest BCUT2D eigenvalue weighted by molar-refractivity contribution is -0.167. The van der Waals surface area contributed by atoms with Crippen LogP contribution in [0.5, 0.6) is 0 Å². The van der Waals surface area contributed by atoms with Crippen LogP contribution in [0.3, 0.4) is 0 Å². The summed E-state index contributed by atoms with van der Waals surface area (Å²) in [7, 11) is 0. The highest BCUT2D eigenvalue weighted by molar-refractivity contribution is 5.71. The van der Waals surface area contributed by atoms with E-state index in [2.05, 4.69) is 130 Å². The Balaban J connectivity index is 4.19. The zero-order chi connectivity index (χ0) is 55.7. The molecule has 1 unspecified atom stereocenters. The van der Waals surface area contributed by atoms with Gasteiger partial charge in [-0.1, -0.05) is 310 Å². The Labute approximate surface area is 476 Å². The van der Waals surface area contributed by atoms with Gasteiger partial charge in [-0.2, -0.15) is 0 Å². The molecule has 0 radical (unpaired) electrons. The molecule has 0 aromatic rings. The fourth-order valence-electron chi connectivity index (χ4n) is 8.98. The first-order valence-corrected chi connectivity index (χ1v) is 32.4. The third-order valence-electron chi connectivity index (χ3n) is 13.8. The van der Waals surface area contributed by atoms with Crippen molar-refractivity contribution in [3.05, 3.63) is 109 Å². The van der Waals surface area contributed by atoms with Crippen LogP contribution in [0, 0.1) is 0 Å². The molecule has 77 heavy (non-hydrogen) atoms. The van der Waals surface area contributed by atoms with Gasteiger partial charge in [0.2, 0.25) is 0 Å². The second-order valence-electron chi connectivity index (χ2n) is 21.3. The SMILES string of the molecule is CC/C=C\C/C=C\C/C=C\C/C=C\C/C=C\C/C=C\C/C=C\C/C=C\C/C=C\CCCC(=O)OCC(COC(=O)CCCCCCCC)OC(=O)CCCCCCCCCCCCCCCCCCCCCCCCCC. The molecule has 0 amide bonds. The number of allylic oxidation sites excluding steroid dienone is 18. The molecule has 0 heterocycles. The fourth-order valence-corrected chi connectivity index (χ4v) is 8.98. The van der Waals surface area contributed by atoms with Crippen molar-refractivity contribution in [3.63, 3.8) is 0 Å². The molecule has 0 aromatic carbocycles. The van der Waals surface area contributed by atoms with E-state index >= 15 is 0 Å². The fraction of sp³-hybridized carbons (Fsp3) is 0.704. The predicted octanol–water partition coefficient (Wildman–Crippen LogP) is 22.2. The smallest absolute Gasteiger partial charge is 0.306 e. The second-order valence-corrected chi connectivity index (χ2v) is 21.3. The number of ether oxygens (including phenoxy) is 3. The molecule has 0 aliphatic rings. The van der Waals surface area contributed by atoms with Crippen molar-refractivity contribution in [3.8, 4) is 0 Å². The van der Waals surface area contributed by atoms with Crippen LogP contribution in [0.4, 0.5) is 0 Å². The van der Waals surface area contributed by atoms with Gasteiger partial charge >= 0.3 is 17.9 Å². The average Bonchev–Trinajstić information content (AvgIpc) is 3.43. The molecule has 6 heteroatoms. The van der Waals surface area contributed by atoms with Crippen molar-refractivity contribution in [2.75, 3.05) is 13.2 Å². The minimum atomic E-state index is -0.799. The molecule has 440 valence electrons. The van der Waals surface area contributed by atoms with Crippen molar-refractivity contribution >= 4 is 17.9 Å². The van der Waals surface area contributed by atoms with Crippen LogP contribution in [-0.2, 0) is 28.6 Å². The van der Waals surface area contributed by atoms with Crippen LogP contribution in [0.2, 0.25) is 0 Å². The number of esters is 3. The standard InChI is InChI=1S/C71H120O6/c1-4-7-10-13-16-18-20-22-24-26-28-30-32-34-35-36-37-38-40-41-43-45-47-49-51-53-55-58-61-64-70(73)76-67-68(66-75-69(72)63-60-57-15-12-9-6-3)77-71(74)65-62-59-56-54-52-50-48-46-44-42-39-33-31-29-27-25-23-21-19-17-14-11-8-5-2/h7,10,16,18,22,24,28,30,34-35,37-38,41,43,47,49,53,55,68H,4-6,8-9,11-15,17,19-21,23,25-27,29,31-33,36,39-40,42,44-46,48,50-52,54,56-67H2,1-3H3/b10-7-,18-16-,24-22-,30-28-,35-34-,38-37-,43-41-,49-47-,55-53-. The summed E-state index contributed by atoms with van der Waals surface area (Å²) in [5, 5.41) is 0. The molecule has 0 bridgehead atoms. The highest BCUT2D eigenvalue weighted by atomic mass is 16.6. The van der Waals surface area contributed by atoms with Gasteiger partial charge in [-0.05, 0) is 83.5 Å². The summed E-state index contributed by atoms with van der Waals surface area (Å²) in [5.74, 6) is -0.959. The van der Waals surface area contributed by atoms with Gasteiger partial charge < -0.3 is 14.2 Å². The third-order valence-corrected chi connectivity index (χ3v) is 13.8. The Hall–Kier alpha value is -3.93. The van der Waals surface area contributed by atoms with Crippen LogP contribution in [0.15, 0.2) is 109 Å². The van der Waals surface area contributed by atoms with Crippen LogP contribution in [0.25, 0.3) is 0 Å². The maximum absolute atomic E-state index is 12.8. The molecule has 0 spiro atoms. The number of hydrogen-bond donors (Lipinski definition) is 0. The Morgan fingerprint density at radius 1 is 0.273 bits per heavy atom. The van der Waals surface area contributed by atoms with E-state index in [0.717, 1.165) is 103 Å². The number of carbonyl (C=O) groups is 3. The normalized spacial score (nSPS) is 12.8. The zero-order valence-corrected chi connectivity index (χ0v) is 50.4. The van der Waals surface area contributed by atoms with Crippen molar-refractivity contribution in [2.24, 2.45) is 0 Å². The number of rotatable bonds is 58. The van der Waals surface area contributed by atoms with Gasteiger partial charge in [0.15, 0.2) is 6.10 Å².